The summed E-state index contributed by atoms with van der Waals surface area (Å²) in [5.41, 5.74) is 3.75. The van der Waals surface area contributed by atoms with Crippen LogP contribution in [0.1, 0.15) is 54.0 Å². The SMILES string of the molecule is CC(=O)Oc1ccc2c3c1O[C@H]1[C@@H](N(C)C(=O)C=Cc4cccc(C)c4)CCC4(O)[C@@H](C2)N(CCc2ccccc2)CC[C@]314. The van der Waals surface area contributed by atoms with Gasteiger partial charge in [-0.25, -0.2) is 0 Å². The first kappa shape index (κ1) is 28.8. The van der Waals surface area contributed by atoms with Crippen molar-refractivity contribution in [1.82, 2.24) is 9.80 Å². The molecule has 4 aliphatic rings. The van der Waals surface area contributed by atoms with Crippen molar-refractivity contribution in [3.8, 4) is 11.5 Å². The largest absolute Gasteiger partial charge is 0.483 e. The summed E-state index contributed by atoms with van der Waals surface area (Å²) in [5.74, 6) is 0.424. The van der Waals surface area contributed by atoms with E-state index < -0.39 is 23.1 Å². The number of likely N-dealkylation sites (tertiary alicyclic amines) is 1. The van der Waals surface area contributed by atoms with Gasteiger partial charge in [0, 0.05) is 38.2 Å². The van der Waals surface area contributed by atoms with Crippen LogP contribution in [0.5, 0.6) is 11.5 Å². The molecular weight excluding hydrogens is 552 g/mol. The van der Waals surface area contributed by atoms with Crippen LogP contribution < -0.4 is 9.47 Å². The third kappa shape index (κ3) is 4.48. The van der Waals surface area contributed by atoms with Gasteiger partial charge in [0.05, 0.1) is 17.1 Å². The second-order valence-corrected chi connectivity index (χ2v) is 13.0. The molecule has 2 fully saturated rings. The normalized spacial score (nSPS) is 28.3. The topological polar surface area (TPSA) is 79.3 Å². The monoisotopic (exact) mass is 592 g/mol. The highest BCUT2D eigenvalue weighted by atomic mass is 16.6. The van der Waals surface area contributed by atoms with E-state index in [1.54, 1.807) is 11.0 Å². The lowest BCUT2D eigenvalue weighted by Crippen LogP contribution is -2.78. The number of ether oxygens (including phenoxy) is 2. The van der Waals surface area contributed by atoms with Gasteiger partial charge < -0.3 is 19.5 Å². The number of nitrogens with zero attached hydrogens (tertiary/aromatic N) is 2. The number of carbonyl (C=O) groups is 2. The molecule has 7 nitrogen and oxygen atoms in total. The van der Waals surface area contributed by atoms with Crippen molar-refractivity contribution in [2.45, 2.75) is 75.2 Å². The number of rotatable bonds is 7. The second-order valence-electron chi connectivity index (χ2n) is 13.0. The lowest BCUT2D eigenvalue weighted by atomic mass is 9.48. The first-order valence-corrected chi connectivity index (χ1v) is 15.7. The number of amides is 1. The average molecular weight is 593 g/mol. The molecule has 44 heavy (non-hydrogen) atoms. The van der Waals surface area contributed by atoms with Gasteiger partial charge in [-0.15, -0.1) is 0 Å². The summed E-state index contributed by atoms with van der Waals surface area (Å²) in [6.07, 6.45) is 6.49. The van der Waals surface area contributed by atoms with E-state index in [-0.39, 0.29) is 18.0 Å². The third-order valence-corrected chi connectivity index (χ3v) is 10.6. The quantitative estimate of drug-likeness (QED) is 0.240. The van der Waals surface area contributed by atoms with Crippen LogP contribution in [0.15, 0.2) is 72.8 Å². The third-order valence-electron chi connectivity index (χ3n) is 10.6. The van der Waals surface area contributed by atoms with Crippen molar-refractivity contribution >= 4 is 18.0 Å². The molecule has 1 unspecified atom stereocenters. The standard InChI is InChI=1S/C37H40N2O5/c1-24-8-7-11-27(22-24)12-15-32(41)38(3)29-16-18-37(42)31-23-28-13-14-30(43-25(2)40)34-33(28)36(37,35(29)44-34)19-21-39(31)20-17-26-9-5-4-6-10-26/h4-15,22,29,31,35,42H,16-21,23H2,1-3H3/t29-,31+,35-,36-,37?/m0/s1. The Morgan fingerprint density at radius 1 is 1.11 bits per heavy atom. The summed E-state index contributed by atoms with van der Waals surface area (Å²) in [7, 11) is 1.84. The fraction of sp³-hybridized carbons (Fsp3) is 0.405. The number of hydrogen-bond donors (Lipinski definition) is 1. The maximum atomic E-state index is 13.6. The molecule has 7 rings (SSSR count). The van der Waals surface area contributed by atoms with Gasteiger partial charge in [-0.2, -0.15) is 0 Å². The molecule has 2 aliphatic heterocycles. The molecule has 2 heterocycles. The molecule has 1 spiro atoms. The van der Waals surface area contributed by atoms with Crippen LogP contribution >= 0.6 is 0 Å². The molecule has 1 saturated carbocycles. The zero-order chi connectivity index (χ0) is 30.6. The van der Waals surface area contributed by atoms with Gasteiger partial charge in [-0.05, 0) is 74.4 Å². The highest BCUT2D eigenvalue weighted by Gasteiger charge is 2.73. The van der Waals surface area contributed by atoms with Crippen LogP contribution in [0.4, 0.5) is 0 Å². The van der Waals surface area contributed by atoms with Gasteiger partial charge in [0.2, 0.25) is 5.91 Å². The second kappa shape index (κ2) is 10.9. The Hall–Kier alpha value is -3.94. The van der Waals surface area contributed by atoms with Crippen LogP contribution in [0.25, 0.3) is 6.08 Å². The lowest BCUT2D eigenvalue weighted by molar-refractivity contribution is -0.199. The van der Waals surface area contributed by atoms with Gasteiger partial charge in [-0.3, -0.25) is 14.5 Å². The summed E-state index contributed by atoms with van der Waals surface area (Å²) in [4.78, 5) is 29.9. The minimum absolute atomic E-state index is 0.0766. The van der Waals surface area contributed by atoms with Crippen molar-refractivity contribution in [3.05, 3.63) is 101 Å². The molecule has 228 valence electrons. The molecule has 1 amide bonds. The average Bonchev–Trinajstić information content (AvgIpc) is 3.36. The van der Waals surface area contributed by atoms with Crippen LogP contribution in [-0.2, 0) is 27.8 Å². The Balaban J connectivity index is 1.24. The first-order valence-electron chi connectivity index (χ1n) is 15.7. The van der Waals surface area contributed by atoms with E-state index in [1.165, 1.54) is 12.5 Å². The van der Waals surface area contributed by atoms with Crippen LogP contribution in [0.2, 0.25) is 0 Å². The van der Waals surface area contributed by atoms with E-state index in [0.717, 1.165) is 41.8 Å². The minimum atomic E-state index is -1.04. The Morgan fingerprint density at radius 3 is 2.70 bits per heavy atom. The maximum Gasteiger partial charge on any atom is 0.308 e. The Morgan fingerprint density at radius 2 is 1.93 bits per heavy atom. The van der Waals surface area contributed by atoms with E-state index >= 15 is 0 Å². The molecule has 0 radical (unpaired) electrons. The minimum Gasteiger partial charge on any atom is -0.483 e. The summed E-state index contributed by atoms with van der Waals surface area (Å²) in [6.45, 7) is 5.09. The maximum absolute atomic E-state index is 13.6. The van der Waals surface area contributed by atoms with Gasteiger partial charge in [0.1, 0.15) is 6.10 Å². The lowest BCUT2D eigenvalue weighted by Gasteiger charge is -2.64. The van der Waals surface area contributed by atoms with Crippen LogP contribution in [0, 0.1) is 6.92 Å². The number of likely N-dealkylation sites (N-methyl/N-ethyl adjacent to an activating group) is 1. The fourth-order valence-electron chi connectivity index (χ4n) is 8.63. The summed E-state index contributed by atoms with van der Waals surface area (Å²) in [6, 6.07) is 22.1. The zero-order valence-corrected chi connectivity index (χ0v) is 25.7. The Labute approximate surface area is 259 Å². The van der Waals surface area contributed by atoms with E-state index in [4.69, 9.17) is 9.47 Å². The van der Waals surface area contributed by atoms with Crippen molar-refractivity contribution in [1.29, 1.82) is 0 Å². The Kier molecular flexibility index (Phi) is 7.13. The van der Waals surface area contributed by atoms with Gasteiger partial charge in [-0.1, -0.05) is 66.2 Å². The van der Waals surface area contributed by atoms with Crippen molar-refractivity contribution in [2.75, 3.05) is 20.1 Å². The molecule has 2 bridgehead atoms. The highest BCUT2D eigenvalue weighted by Crippen LogP contribution is 2.66. The zero-order valence-electron chi connectivity index (χ0n) is 25.7. The smallest absolute Gasteiger partial charge is 0.308 e. The van der Waals surface area contributed by atoms with Crippen molar-refractivity contribution < 1.29 is 24.2 Å². The Bertz CT molecular complexity index is 1640. The molecule has 3 aromatic carbocycles. The van der Waals surface area contributed by atoms with Crippen LogP contribution in [-0.4, -0.2) is 70.7 Å². The van der Waals surface area contributed by atoms with E-state index in [9.17, 15) is 14.7 Å². The summed E-state index contributed by atoms with van der Waals surface area (Å²) >= 11 is 0. The molecule has 0 aromatic heterocycles. The molecular formula is C37H40N2O5. The summed E-state index contributed by atoms with van der Waals surface area (Å²) < 4.78 is 12.5. The predicted octanol–water partition coefficient (Wildman–Crippen LogP) is 4.86. The van der Waals surface area contributed by atoms with Gasteiger partial charge >= 0.3 is 5.97 Å². The van der Waals surface area contributed by atoms with E-state index in [0.29, 0.717) is 37.2 Å². The first-order chi connectivity index (χ1) is 21.2. The molecule has 5 atom stereocenters. The van der Waals surface area contributed by atoms with Gasteiger partial charge in [0.25, 0.3) is 0 Å². The number of hydrogen-bond acceptors (Lipinski definition) is 6. The molecule has 1 saturated heterocycles. The van der Waals surface area contributed by atoms with Crippen LogP contribution in [0.3, 0.4) is 0 Å². The highest BCUT2D eigenvalue weighted by molar-refractivity contribution is 5.92. The number of benzene rings is 3. The number of piperidine rings is 1. The van der Waals surface area contributed by atoms with E-state index in [2.05, 4.69) is 29.2 Å². The number of esters is 1. The fourth-order valence-corrected chi connectivity index (χ4v) is 8.63. The molecule has 3 aromatic rings. The van der Waals surface area contributed by atoms with Crippen molar-refractivity contribution in [2.24, 2.45) is 0 Å². The number of carbonyl (C=O) groups excluding carboxylic acids is 2. The van der Waals surface area contributed by atoms with Gasteiger partial charge in [0.15, 0.2) is 11.5 Å². The van der Waals surface area contributed by atoms with Crippen molar-refractivity contribution in [3.63, 3.8) is 0 Å². The summed E-state index contributed by atoms with van der Waals surface area (Å²) in [5, 5.41) is 12.9. The molecule has 7 heteroatoms. The molecule has 1 N–H and O–H groups in total. The number of aryl methyl sites for hydroxylation is 1. The van der Waals surface area contributed by atoms with E-state index in [1.807, 2.05) is 62.5 Å². The predicted molar refractivity (Wildman–Crippen MR) is 169 cm³/mol. The number of aliphatic hydroxyl groups is 1. The molecule has 2 aliphatic carbocycles.